The predicted octanol–water partition coefficient (Wildman–Crippen LogP) is 5.94. The third kappa shape index (κ3) is 5.13. The smallest absolute Gasteiger partial charge is 0.337 e. The topological polar surface area (TPSA) is 80.7 Å². The Bertz CT molecular complexity index is 1360. The third-order valence-corrected chi connectivity index (χ3v) is 7.14. The van der Waals surface area contributed by atoms with Crippen LogP contribution in [-0.4, -0.2) is 34.8 Å². The van der Waals surface area contributed by atoms with Crippen LogP contribution in [0.2, 0.25) is 0 Å². The van der Waals surface area contributed by atoms with Crippen LogP contribution in [0.5, 0.6) is 5.75 Å². The second kappa shape index (κ2) is 9.92. The summed E-state index contributed by atoms with van der Waals surface area (Å²) in [4.78, 5) is 17.6. The molecular weight excluding hydrogens is 464 g/mol. The molecule has 194 valence electrons. The molecule has 0 bridgehead atoms. The lowest BCUT2D eigenvalue weighted by atomic mass is 9.84. The van der Waals surface area contributed by atoms with E-state index in [0.717, 1.165) is 78.2 Å². The van der Waals surface area contributed by atoms with E-state index >= 15 is 0 Å². The van der Waals surface area contributed by atoms with Crippen molar-refractivity contribution >= 4 is 5.97 Å². The fourth-order valence-corrected chi connectivity index (χ4v) is 5.57. The third-order valence-electron chi connectivity index (χ3n) is 7.14. The highest BCUT2D eigenvalue weighted by Crippen LogP contribution is 2.44. The van der Waals surface area contributed by atoms with Crippen LogP contribution in [0.25, 0.3) is 22.3 Å². The van der Waals surface area contributed by atoms with E-state index in [0.29, 0.717) is 11.3 Å². The highest BCUT2D eigenvalue weighted by Gasteiger charge is 2.33. The monoisotopic (exact) mass is 500 g/mol. The van der Waals surface area contributed by atoms with E-state index in [1.54, 1.807) is 0 Å². The minimum absolute atomic E-state index is 0.610. The van der Waals surface area contributed by atoms with Gasteiger partial charge in [-0.1, -0.05) is 24.3 Å². The minimum atomic E-state index is -1.16. The Morgan fingerprint density at radius 3 is 2.49 bits per heavy atom. The van der Waals surface area contributed by atoms with Gasteiger partial charge in [0.1, 0.15) is 5.75 Å². The molecular formula is C31H36N2O4. The van der Waals surface area contributed by atoms with Gasteiger partial charge in [0.05, 0.1) is 12.2 Å². The van der Waals surface area contributed by atoms with Crippen molar-refractivity contribution in [2.45, 2.75) is 72.1 Å². The summed E-state index contributed by atoms with van der Waals surface area (Å²) in [6, 6.07) is 12.8. The molecule has 0 radical (unpaired) electrons. The van der Waals surface area contributed by atoms with Crippen molar-refractivity contribution in [3.8, 4) is 28.0 Å². The Hall–Kier alpha value is -3.22. The first-order valence-electron chi connectivity index (χ1n) is 13.1. The number of rotatable bonds is 5. The van der Waals surface area contributed by atoms with Crippen molar-refractivity contribution < 1.29 is 19.4 Å². The number of carboxylic acid groups (broad SMARTS) is 1. The number of benzene rings is 2. The first kappa shape index (κ1) is 25.4. The van der Waals surface area contributed by atoms with Gasteiger partial charge in [0, 0.05) is 29.1 Å². The normalized spacial score (nSPS) is 15.9. The summed E-state index contributed by atoms with van der Waals surface area (Å²) < 4.78 is 12.1. The number of aryl methyl sites for hydroxylation is 3. The van der Waals surface area contributed by atoms with Crippen molar-refractivity contribution in [3.05, 3.63) is 70.0 Å². The maximum absolute atomic E-state index is 12.7. The van der Waals surface area contributed by atoms with E-state index in [1.165, 1.54) is 11.1 Å². The number of hydrogen-bond donors (Lipinski definition) is 2. The summed E-state index contributed by atoms with van der Waals surface area (Å²) in [6.45, 7) is 12.1. The number of carboxylic acids is 1. The molecule has 0 saturated heterocycles. The van der Waals surface area contributed by atoms with Gasteiger partial charge in [-0.3, -0.25) is 4.98 Å². The number of aromatic nitrogens is 1. The highest BCUT2D eigenvalue weighted by molar-refractivity contribution is 5.91. The summed E-state index contributed by atoms with van der Waals surface area (Å²) in [6.07, 6.45) is 1.71. The lowest BCUT2D eigenvalue weighted by Gasteiger charge is -2.29. The van der Waals surface area contributed by atoms with E-state index in [4.69, 9.17) is 14.5 Å². The van der Waals surface area contributed by atoms with Crippen LogP contribution in [0.4, 0.5) is 0 Å². The number of ether oxygens (including phenoxy) is 2. The van der Waals surface area contributed by atoms with Gasteiger partial charge in [0.15, 0.2) is 6.10 Å². The molecule has 37 heavy (non-hydrogen) atoms. The van der Waals surface area contributed by atoms with Crippen molar-refractivity contribution in [2.24, 2.45) is 0 Å². The summed E-state index contributed by atoms with van der Waals surface area (Å²) in [7, 11) is 0. The number of hydrogen-bond acceptors (Lipinski definition) is 5. The molecule has 2 aliphatic rings. The van der Waals surface area contributed by atoms with Gasteiger partial charge in [0.25, 0.3) is 0 Å². The van der Waals surface area contributed by atoms with E-state index in [-0.39, 0.29) is 0 Å². The molecule has 2 aromatic carbocycles. The van der Waals surface area contributed by atoms with Crippen LogP contribution in [-0.2, 0) is 28.9 Å². The maximum atomic E-state index is 12.7. The van der Waals surface area contributed by atoms with Crippen LogP contribution in [0.3, 0.4) is 0 Å². The second-order valence-electron chi connectivity index (χ2n) is 11.1. The molecule has 0 amide bonds. The van der Waals surface area contributed by atoms with Gasteiger partial charge in [-0.05, 0) is 106 Å². The Morgan fingerprint density at radius 1 is 1.00 bits per heavy atom. The van der Waals surface area contributed by atoms with Gasteiger partial charge >= 0.3 is 5.97 Å². The van der Waals surface area contributed by atoms with Gasteiger partial charge in [-0.2, -0.15) is 0 Å². The predicted molar refractivity (Wildman–Crippen MR) is 145 cm³/mol. The maximum Gasteiger partial charge on any atom is 0.337 e. The molecule has 0 spiro atoms. The molecule has 0 saturated carbocycles. The largest absolute Gasteiger partial charge is 0.493 e. The van der Waals surface area contributed by atoms with Crippen LogP contribution in [0, 0.1) is 13.8 Å². The van der Waals surface area contributed by atoms with Gasteiger partial charge in [-0.25, -0.2) is 4.79 Å². The quantitative estimate of drug-likeness (QED) is 0.451. The standard InChI is InChI=1S/C31H36N2O4/c1-18-26(22-8-9-24-17-32-13-12-20(24)15-22)28(23-10-11-25-21(16-23)7-6-14-36-25)27(19(2)33-18)29(30(34)35)37-31(3,4)5/h8-11,15-16,29,32H,6-7,12-14,17H2,1-5H3,(H,34,35)/t29-/m0/s1. The van der Waals surface area contributed by atoms with Crippen LogP contribution < -0.4 is 10.1 Å². The number of carbonyl (C=O) groups is 1. The fraction of sp³-hybridized carbons (Fsp3) is 0.419. The van der Waals surface area contributed by atoms with Crippen LogP contribution in [0.1, 0.15) is 66.9 Å². The van der Waals surface area contributed by atoms with Gasteiger partial charge in [0.2, 0.25) is 0 Å². The SMILES string of the molecule is Cc1nc(C)c([C@H](OC(C)(C)C)C(=O)O)c(-c2ccc3c(c2)CCCO3)c1-c1ccc2c(c1)CCNC2. The second-order valence-corrected chi connectivity index (χ2v) is 11.1. The van der Waals surface area contributed by atoms with Gasteiger partial charge < -0.3 is 19.9 Å². The molecule has 1 atom stereocenters. The zero-order valence-corrected chi connectivity index (χ0v) is 22.4. The summed E-state index contributed by atoms with van der Waals surface area (Å²) in [5, 5.41) is 13.8. The summed E-state index contributed by atoms with van der Waals surface area (Å²) in [5.74, 6) is -0.115. The average Bonchev–Trinajstić information content (AvgIpc) is 2.86. The summed E-state index contributed by atoms with van der Waals surface area (Å²) >= 11 is 0. The molecule has 0 fully saturated rings. The fourth-order valence-electron chi connectivity index (χ4n) is 5.57. The van der Waals surface area contributed by atoms with Crippen molar-refractivity contribution in [3.63, 3.8) is 0 Å². The van der Waals surface area contributed by atoms with E-state index in [1.807, 2.05) is 46.8 Å². The van der Waals surface area contributed by atoms with Crippen LogP contribution >= 0.6 is 0 Å². The average molecular weight is 501 g/mol. The molecule has 2 aliphatic heterocycles. The van der Waals surface area contributed by atoms with Crippen molar-refractivity contribution in [2.75, 3.05) is 13.2 Å². The lowest BCUT2D eigenvalue weighted by molar-refractivity contribution is -0.160. The number of nitrogens with one attached hydrogen (secondary N) is 1. The van der Waals surface area contributed by atoms with Crippen molar-refractivity contribution in [1.29, 1.82) is 0 Å². The Morgan fingerprint density at radius 2 is 1.73 bits per heavy atom. The molecule has 0 aliphatic carbocycles. The molecule has 2 N–H and O–H groups in total. The molecule has 6 heteroatoms. The minimum Gasteiger partial charge on any atom is -0.493 e. The van der Waals surface area contributed by atoms with Crippen molar-refractivity contribution in [1.82, 2.24) is 10.3 Å². The van der Waals surface area contributed by atoms with E-state index in [2.05, 4.69) is 29.6 Å². The molecule has 1 aromatic heterocycles. The van der Waals surface area contributed by atoms with E-state index in [9.17, 15) is 9.90 Å². The Balaban J connectivity index is 1.81. The first-order valence-corrected chi connectivity index (χ1v) is 13.1. The zero-order valence-electron chi connectivity index (χ0n) is 22.4. The highest BCUT2D eigenvalue weighted by atomic mass is 16.5. The van der Waals surface area contributed by atoms with Crippen LogP contribution in [0.15, 0.2) is 36.4 Å². The van der Waals surface area contributed by atoms with E-state index < -0.39 is 17.7 Å². The molecule has 3 heterocycles. The van der Waals surface area contributed by atoms with Gasteiger partial charge in [-0.15, -0.1) is 0 Å². The first-order chi connectivity index (χ1) is 17.6. The molecule has 6 nitrogen and oxygen atoms in total. The summed E-state index contributed by atoms with van der Waals surface area (Å²) in [5.41, 5.74) is 9.13. The number of pyridine rings is 1. The molecule has 0 unspecified atom stereocenters. The molecule has 3 aromatic rings. The number of nitrogens with zero attached hydrogens (tertiary/aromatic N) is 1. The number of aliphatic carboxylic acids is 1. The molecule has 5 rings (SSSR count). The lowest BCUT2D eigenvalue weighted by Crippen LogP contribution is -2.28. The number of fused-ring (bicyclic) bond motifs is 2. The zero-order chi connectivity index (χ0) is 26.3. The Labute approximate surface area is 219 Å². The Kier molecular flexibility index (Phi) is 6.82.